The van der Waals surface area contributed by atoms with E-state index in [0.717, 1.165) is 6.92 Å². The fraction of sp³-hybridized carbons (Fsp3) is 0.188. The van der Waals surface area contributed by atoms with Gasteiger partial charge in [0, 0.05) is 0 Å². The summed E-state index contributed by atoms with van der Waals surface area (Å²) >= 11 is 0. The molecular weight excluding hydrogens is 396 g/mol. The highest BCUT2D eigenvalue weighted by Crippen LogP contribution is 2.47. The van der Waals surface area contributed by atoms with Gasteiger partial charge in [0.1, 0.15) is 11.5 Å². The van der Waals surface area contributed by atoms with Crippen LogP contribution in [-0.4, -0.2) is 11.8 Å². The quantitative estimate of drug-likeness (QED) is 0.316. The zero-order chi connectivity index (χ0) is 20.4. The van der Waals surface area contributed by atoms with Crippen molar-refractivity contribution in [3.05, 3.63) is 59.4 Å². The standard InChI is InChI=1S/C16H13F5NO4P/c1-8(9(2)23)22-27(24,25-10-6-4-3-5-7-10)26-16-14(20)12(18)11(17)13(19)15(16)21/h3-8H,1-2H3,(H,22,24)/t8-,27-/m1/s1. The van der Waals surface area contributed by atoms with E-state index in [0.29, 0.717) is 0 Å². The molecule has 0 aromatic heterocycles. The number of Topliss-reactive ketones (excluding diaryl/α,β-unsaturated/α-hetero) is 1. The molecule has 1 N–H and O–H groups in total. The van der Waals surface area contributed by atoms with Gasteiger partial charge in [-0.2, -0.15) is 13.9 Å². The molecule has 0 aliphatic carbocycles. The number of rotatable bonds is 7. The van der Waals surface area contributed by atoms with Gasteiger partial charge < -0.3 is 9.05 Å². The Kier molecular flexibility index (Phi) is 6.22. The Bertz CT molecular complexity index is 880. The van der Waals surface area contributed by atoms with Gasteiger partial charge in [-0.1, -0.05) is 18.2 Å². The number of hydrogen-bond acceptors (Lipinski definition) is 4. The van der Waals surface area contributed by atoms with Gasteiger partial charge in [0.25, 0.3) is 0 Å². The third-order valence-electron chi connectivity index (χ3n) is 3.31. The molecule has 0 heterocycles. The molecule has 0 bridgehead atoms. The summed E-state index contributed by atoms with van der Waals surface area (Å²) in [4.78, 5) is 11.4. The maximum absolute atomic E-state index is 13.9. The summed E-state index contributed by atoms with van der Waals surface area (Å²) < 4.78 is 90.1. The van der Waals surface area contributed by atoms with Crippen molar-refractivity contribution >= 4 is 13.5 Å². The van der Waals surface area contributed by atoms with Crippen molar-refractivity contribution in [2.24, 2.45) is 0 Å². The first-order chi connectivity index (χ1) is 12.6. The summed E-state index contributed by atoms with van der Waals surface area (Å²) in [5.41, 5.74) is 0. The lowest BCUT2D eigenvalue weighted by atomic mass is 10.3. The molecule has 0 unspecified atom stereocenters. The first kappa shape index (κ1) is 20.9. The molecule has 0 saturated heterocycles. The molecule has 27 heavy (non-hydrogen) atoms. The average Bonchev–Trinajstić information content (AvgIpc) is 2.62. The number of benzene rings is 2. The van der Waals surface area contributed by atoms with E-state index in [-0.39, 0.29) is 5.75 Å². The first-order valence-corrected chi connectivity index (χ1v) is 8.94. The van der Waals surface area contributed by atoms with Crippen molar-refractivity contribution in [1.29, 1.82) is 0 Å². The zero-order valence-corrected chi connectivity index (χ0v) is 14.8. The molecule has 0 amide bonds. The molecule has 2 rings (SSSR count). The van der Waals surface area contributed by atoms with Gasteiger partial charge in [0.2, 0.25) is 34.8 Å². The van der Waals surface area contributed by atoms with Crippen LogP contribution in [0.5, 0.6) is 11.5 Å². The van der Waals surface area contributed by atoms with E-state index in [2.05, 4.69) is 9.61 Å². The molecule has 0 radical (unpaired) electrons. The number of carbonyl (C=O) groups excluding carboxylic acids is 1. The van der Waals surface area contributed by atoms with Crippen LogP contribution in [0.3, 0.4) is 0 Å². The van der Waals surface area contributed by atoms with Gasteiger partial charge in [0.05, 0.1) is 6.04 Å². The fourth-order valence-electron chi connectivity index (χ4n) is 1.80. The first-order valence-electron chi connectivity index (χ1n) is 7.39. The number of ketones is 1. The molecule has 2 atom stereocenters. The Morgan fingerprint density at radius 1 is 0.926 bits per heavy atom. The fourth-order valence-corrected chi connectivity index (χ4v) is 3.40. The minimum atomic E-state index is -4.79. The largest absolute Gasteiger partial charge is 0.513 e. The highest BCUT2D eigenvalue weighted by molar-refractivity contribution is 7.52. The molecule has 5 nitrogen and oxygen atoms in total. The highest BCUT2D eigenvalue weighted by Gasteiger charge is 2.37. The van der Waals surface area contributed by atoms with Crippen LogP contribution in [0.25, 0.3) is 0 Å². The predicted molar refractivity (Wildman–Crippen MR) is 84.8 cm³/mol. The number of carbonyl (C=O) groups is 1. The third kappa shape index (κ3) is 4.64. The summed E-state index contributed by atoms with van der Waals surface area (Å²) in [6, 6.07) is 5.93. The number of hydrogen-bond donors (Lipinski definition) is 1. The molecule has 0 aliphatic heterocycles. The maximum Gasteiger partial charge on any atom is 0.513 e. The Balaban J connectivity index is 2.49. The van der Waals surface area contributed by atoms with Crippen LogP contribution in [-0.2, 0) is 9.36 Å². The van der Waals surface area contributed by atoms with E-state index in [1.54, 1.807) is 6.07 Å². The van der Waals surface area contributed by atoms with Crippen molar-refractivity contribution in [3.8, 4) is 11.5 Å². The van der Waals surface area contributed by atoms with Crippen LogP contribution in [0, 0.1) is 29.1 Å². The molecule has 0 saturated carbocycles. The summed E-state index contributed by atoms with van der Waals surface area (Å²) in [5.74, 6) is -14.1. The van der Waals surface area contributed by atoms with Crippen molar-refractivity contribution in [3.63, 3.8) is 0 Å². The lowest BCUT2D eigenvalue weighted by molar-refractivity contribution is -0.118. The molecule has 146 valence electrons. The molecule has 11 heteroatoms. The van der Waals surface area contributed by atoms with Gasteiger partial charge in [-0.25, -0.2) is 17.7 Å². The topological polar surface area (TPSA) is 64.6 Å². The zero-order valence-electron chi connectivity index (χ0n) is 13.9. The predicted octanol–water partition coefficient (Wildman–Crippen LogP) is 4.52. The highest BCUT2D eigenvalue weighted by atomic mass is 31.2. The second-order valence-corrected chi connectivity index (χ2v) is 6.97. The molecule has 0 spiro atoms. The molecule has 0 aliphatic rings. The van der Waals surface area contributed by atoms with Crippen LogP contribution < -0.4 is 14.1 Å². The Hall–Kier alpha value is -2.45. The van der Waals surface area contributed by atoms with E-state index in [1.165, 1.54) is 31.2 Å². The molecule has 0 fully saturated rings. The molecule has 2 aromatic carbocycles. The minimum absolute atomic E-state index is 0.104. The summed E-state index contributed by atoms with van der Waals surface area (Å²) in [6.45, 7) is 2.36. The molecule has 2 aromatic rings. The molecular formula is C16H13F5NO4P. The van der Waals surface area contributed by atoms with E-state index in [9.17, 15) is 31.3 Å². The van der Waals surface area contributed by atoms with Crippen LogP contribution in [0.4, 0.5) is 22.0 Å². The minimum Gasteiger partial charge on any atom is -0.405 e. The van der Waals surface area contributed by atoms with Crippen LogP contribution in [0.2, 0.25) is 0 Å². The van der Waals surface area contributed by atoms with Crippen LogP contribution in [0.15, 0.2) is 30.3 Å². The normalized spacial score (nSPS) is 14.3. The Labute approximate surface area is 150 Å². The number of para-hydroxylation sites is 1. The van der Waals surface area contributed by atoms with Gasteiger partial charge in [-0.3, -0.25) is 4.79 Å². The Morgan fingerprint density at radius 3 is 1.89 bits per heavy atom. The van der Waals surface area contributed by atoms with Crippen LogP contribution >= 0.6 is 7.75 Å². The third-order valence-corrected chi connectivity index (χ3v) is 4.89. The summed E-state index contributed by atoms with van der Waals surface area (Å²) in [7, 11) is -4.79. The van der Waals surface area contributed by atoms with Crippen LogP contribution in [0.1, 0.15) is 13.8 Å². The van der Waals surface area contributed by atoms with E-state index < -0.39 is 54.4 Å². The van der Waals surface area contributed by atoms with Gasteiger partial charge in [0.15, 0.2) is 0 Å². The van der Waals surface area contributed by atoms with E-state index >= 15 is 0 Å². The SMILES string of the molecule is CC(=O)[C@@H](C)N[P@@](=O)(Oc1ccccc1)Oc1c(F)c(F)c(F)c(F)c1F. The van der Waals surface area contributed by atoms with Gasteiger partial charge in [-0.15, -0.1) is 0 Å². The second kappa shape index (κ2) is 8.06. The summed E-state index contributed by atoms with van der Waals surface area (Å²) in [5, 5.41) is 2.09. The summed E-state index contributed by atoms with van der Waals surface area (Å²) in [6.07, 6.45) is 0. The van der Waals surface area contributed by atoms with Crippen molar-refractivity contribution < 1.29 is 40.4 Å². The van der Waals surface area contributed by atoms with Crippen molar-refractivity contribution in [2.45, 2.75) is 19.9 Å². The van der Waals surface area contributed by atoms with Crippen molar-refractivity contribution in [2.75, 3.05) is 0 Å². The van der Waals surface area contributed by atoms with Crippen molar-refractivity contribution in [1.82, 2.24) is 5.09 Å². The lowest BCUT2D eigenvalue weighted by Gasteiger charge is -2.23. The van der Waals surface area contributed by atoms with E-state index in [1.807, 2.05) is 0 Å². The monoisotopic (exact) mass is 409 g/mol. The lowest BCUT2D eigenvalue weighted by Crippen LogP contribution is -2.33. The average molecular weight is 409 g/mol. The Morgan fingerprint density at radius 2 is 1.41 bits per heavy atom. The van der Waals surface area contributed by atoms with Gasteiger partial charge >= 0.3 is 7.75 Å². The maximum atomic E-state index is 13.9. The number of nitrogens with one attached hydrogen (secondary N) is 1. The van der Waals surface area contributed by atoms with E-state index in [4.69, 9.17) is 4.52 Å². The number of halogens is 5. The second-order valence-electron chi connectivity index (χ2n) is 5.35. The smallest absolute Gasteiger partial charge is 0.405 e. The van der Waals surface area contributed by atoms with Gasteiger partial charge in [-0.05, 0) is 26.0 Å².